The first-order chi connectivity index (χ1) is 16.4. The minimum Gasteiger partial charge on any atom is -0.459 e. The molecule has 0 bridgehead atoms. The number of benzene rings is 1. The third-order valence-corrected chi connectivity index (χ3v) is 5.06. The topological polar surface area (TPSA) is 92.0 Å². The van der Waals surface area contributed by atoms with Crippen molar-refractivity contribution >= 4 is 41.0 Å². The van der Waals surface area contributed by atoms with E-state index in [9.17, 15) is 14.4 Å². The molecule has 0 radical (unpaired) electrons. The summed E-state index contributed by atoms with van der Waals surface area (Å²) < 4.78 is 22.6. The number of hydrogen-bond acceptors (Lipinski definition) is 7. The van der Waals surface area contributed by atoms with Gasteiger partial charge in [0.15, 0.2) is 0 Å². The summed E-state index contributed by atoms with van der Waals surface area (Å²) in [5.74, 6) is -1.83. The minimum atomic E-state index is -0.820. The van der Waals surface area contributed by atoms with Crippen LogP contribution in [0.4, 0.5) is 0 Å². The van der Waals surface area contributed by atoms with Gasteiger partial charge in [0.05, 0.1) is 11.5 Å². The largest absolute Gasteiger partial charge is 0.459 e. The number of fused-ring (bicyclic) bond motifs is 3. The van der Waals surface area contributed by atoms with Crippen molar-refractivity contribution in [3.8, 4) is 0 Å². The van der Waals surface area contributed by atoms with Crippen molar-refractivity contribution in [2.24, 2.45) is 5.92 Å². The summed E-state index contributed by atoms with van der Waals surface area (Å²) in [6.07, 6.45) is 4.85. The molecule has 0 saturated heterocycles. The number of furan rings is 1. The van der Waals surface area contributed by atoms with Crippen LogP contribution < -0.4 is 0 Å². The van der Waals surface area contributed by atoms with Crippen molar-refractivity contribution in [3.05, 3.63) is 46.7 Å². The number of rotatable bonds is 4. The predicted molar refractivity (Wildman–Crippen MR) is 138 cm³/mol. The van der Waals surface area contributed by atoms with Gasteiger partial charge >= 0.3 is 17.9 Å². The van der Waals surface area contributed by atoms with E-state index in [1.54, 1.807) is 59.8 Å². The maximum absolute atomic E-state index is 13.1. The summed E-state index contributed by atoms with van der Waals surface area (Å²) in [7, 11) is 0. The van der Waals surface area contributed by atoms with E-state index in [1.165, 1.54) is 6.08 Å². The molecular weight excluding hydrogens is 460 g/mol. The van der Waals surface area contributed by atoms with Gasteiger partial charge in [-0.25, -0.2) is 9.59 Å². The molecule has 1 unspecified atom stereocenters. The quantitative estimate of drug-likeness (QED) is 0.290. The fourth-order valence-corrected chi connectivity index (χ4v) is 3.79. The minimum absolute atomic E-state index is 0.204. The molecule has 36 heavy (non-hydrogen) atoms. The van der Waals surface area contributed by atoms with Crippen LogP contribution in [0.1, 0.15) is 79.2 Å². The molecular formula is C29H36O7. The number of carbonyl (C=O) groups is 3. The van der Waals surface area contributed by atoms with E-state index in [2.05, 4.69) is 0 Å². The predicted octanol–water partition coefficient (Wildman–Crippen LogP) is 6.03. The molecule has 0 fully saturated rings. The molecule has 194 valence electrons. The van der Waals surface area contributed by atoms with Crippen molar-refractivity contribution < 1.29 is 33.0 Å². The number of ether oxygens (including phenoxy) is 3. The molecule has 1 aliphatic rings. The van der Waals surface area contributed by atoms with Gasteiger partial charge in [-0.05, 0) is 92.5 Å². The Balaban J connectivity index is 1.98. The molecule has 0 aliphatic heterocycles. The third-order valence-electron chi connectivity index (χ3n) is 5.06. The highest BCUT2D eigenvalue weighted by Gasteiger charge is 2.38. The van der Waals surface area contributed by atoms with Crippen molar-refractivity contribution in [2.45, 2.75) is 85.5 Å². The first-order valence-electron chi connectivity index (χ1n) is 12.1. The molecule has 7 nitrogen and oxygen atoms in total. The molecule has 1 aromatic carbocycles. The highest BCUT2D eigenvalue weighted by molar-refractivity contribution is 6.02. The first-order valence-corrected chi connectivity index (χ1v) is 12.1. The van der Waals surface area contributed by atoms with Crippen LogP contribution in [0, 0.1) is 5.92 Å². The lowest BCUT2D eigenvalue weighted by molar-refractivity contribution is -0.162. The monoisotopic (exact) mass is 496 g/mol. The lowest BCUT2D eigenvalue weighted by Crippen LogP contribution is -2.35. The van der Waals surface area contributed by atoms with Gasteiger partial charge in [-0.3, -0.25) is 4.79 Å². The van der Waals surface area contributed by atoms with Gasteiger partial charge in [-0.1, -0.05) is 12.1 Å². The van der Waals surface area contributed by atoms with E-state index in [1.807, 2.05) is 32.9 Å². The molecule has 7 heteroatoms. The summed E-state index contributed by atoms with van der Waals surface area (Å²) in [5, 5.41) is 0.826. The Morgan fingerprint density at radius 1 is 0.889 bits per heavy atom. The Kier molecular flexibility index (Phi) is 7.26. The number of hydrogen-bond donors (Lipinski definition) is 0. The molecule has 1 atom stereocenters. The number of esters is 3. The number of carbonyl (C=O) groups excluding carboxylic acids is 3. The van der Waals surface area contributed by atoms with E-state index in [0.29, 0.717) is 11.3 Å². The molecule has 2 aromatic rings. The average Bonchev–Trinajstić information content (AvgIpc) is 3.04. The SMILES string of the molecule is CC(C)(C)OC(=O)/C=C\c1ccc2c3c(oc2c1)C=C(C(=O)OC(C)(C)C)C(C(=O)OC(C)(C)C)C3. The average molecular weight is 497 g/mol. The normalized spacial score (nSPS) is 16.5. The summed E-state index contributed by atoms with van der Waals surface area (Å²) in [5.41, 5.74) is 0.348. The zero-order valence-corrected chi connectivity index (χ0v) is 22.6. The van der Waals surface area contributed by atoms with Crippen molar-refractivity contribution in [3.63, 3.8) is 0 Å². The first kappa shape index (κ1) is 27.2. The molecule has 0 amide bonds. The van der Waals surface area contributed by atoms with Crippen molar-refractivity contribution in [2.75, 3.05) is 0 Å². The molecule has 1 aromatic heterocycles. The van der Waals surface area contributed by atoms with Crippen LogP contribution in [0.3, 0.4) is 0 Å². The van der Waals surface area contributed by atoms with Crippen LogP contribution in [0.2, 0.25) is 0 Å². The van der Waals surface area contributed by atoms with Gasteiger partial charge in [0.1, 0.15) is 28.1 Å². The highest BCUT2D eigenvalue weighted by atomic mass is 16.6. The Bertz CT molecular complexity index is 1240. The standard InChI is InChI=1S/C29H36O7/c1-27(2,3)34-24(30)13-11-17-10-12-18-19-15-20(25(31)35-28(4,5)6)21(26(32)36-29(7,8)9)16-23(19)33-22(18)14-17/h10-14,16,20H,15H2,1-9H3/b13-11-. The van der Waals surface area contributed by atoms with Crippen molar-refractivity contribution in [1.29, 1.82) is 0 Å². The van der Waals surface area contributed by atoms with Crippen LogP contribution >= 0.6 is 0 Å². The van der Waals surface area contributed by atoms with Crippen LogP contribution in [0.5, 0.6) is 0 Å². The zero-order chi connectivity index (χ0) is 27.1. The second-order valence-corrected chi connectivity index (χ2v) is 12.0. The van der Waals surface area contributed by atoms with Gasteiger partial charge in [0, 0.05) is 17.0 Å². The van der Waals surface area contributed by atoms with E-state index < -0.39 is 40.6 Å². The molecule has 0 saturated carbocycles. The van der Waals surface area contributed by atoms with Crippen LogP contribution in [0.15, 0.2) is 34.3 Å². The van der Waals surface area contributed by atoms with Gasteiger partial charge in [-0.2, -0.15) is 0 Å². The van der Waals surface area contributed by atoms with E-state index >= 15 is 0 Å². The Morgan fingerprint density at radius 3 is 2.08 bits per heavy atom. The lowest BCUT2D eigenvalue weighted by atomic mass is 9.85. The summed E-state index contributed by atoms with van der Waals surface area (Å²) >= 11 is 0. The van der Waals surface area contributed by atoms with Crippen LogP contribution in [-0.2, 0) is 35.0 Å². The summed E-state index contributed by atoms with van der Waals surface area (Å²) in [6.45, 7) is 16.1. The lowest BCUT2D eigenvalue weighted by Gasteiger charge is -2.28. The third kappa shape index (κ3) is 7.09. The maximum Gasteiger partial charge on any atom is 0.335 e. The Morgan fingerprint density at radius 2 is 1.50 bits per heavy atom. The van der Waals surface area contributed by atoms with Gasteiger partial charge < -0.3 is 18.6 Å². The van der Waals surface area contributed by atoms with E-state index in [4.69, 9.17) is 18.6 Å². The van der Waals surface area contributed by atoms with Crippen LogP contribution in [0.25, 0.3) is 23.1 Å². The zero-order valence-electron chi connectivity index (χ0n) is 22.6. The maximum atomic E-state index is 13.1. The Labute approximate surface area is 212 Å². The van der Waals surface area contributed by atoms with E-state index in [0.717, 1.165) is 16.5 Å². The van der Waals surface area contributed by atoms with Gasteiger partial charge in [-0.15, -0.1) is 0 Å². The molecule has 3 rings (SSSR count). The second-order valence-electron chi connectivity index (χ2n) is 12.0. The fourth-order valence-electron chi connectivity index (χ4n) is 3.79. The summed E-state index contributed by atoms with van der Waals surface area (Å²) in [6, 6.07) is 5.54. The van der Waals surface area contributed by atoms with Crippen molar-refractivity contribution in [1.82, 2.24) is 0 Å². The smallest absolute Gasteiger partial charge is 0.335 e. The van der Waals surface area contributed by atoms with Gasteiger partial charge in [0.2, 0.25) is 0 Å². The molecule has 0 spiro atoms. The summed E-state index contributed by atoms with van der Waals surface area (Å²) in [4.78, 5) is 38.2. The molecule has 1 heterocycles. The second kappa shape index (κ2) is 9.60. The van der Waals surface area contributed by atoms with Crippen LogP contribution in [-0.4, -0.2) is 34.7 Å². The van der Waals surface area contributed by atoms with Gasteiger partial charge in [0.25, 0.3) is 0 Å². The highest BCUT2D eigenvalue weighted by Crippen LogP contribution is 2.38. The Hall–Kier alpha value is -3.35. The molecule has 0 N–H and O–H groups in total. The van der Waals surface area contributed by atoms with E-state index in [-0.39, 0.29) is 12.0 Å². The fraction of sp³-hybridized carbons (Fsp3) is 0.483. The molecule has 1 aliphatic carbocycles.